The molecule has 5 rings (SSSR count). The van der Waals surface area contributed by atoms with Gasteiger partial charge in [-0.15, -0.1) is 11.3 Å². The van der Waals surface area contributed by atoms with Crippen molar-refractivity contribution in [1.29, 1.82) is 0 Å². The quantitative estimate of drug-likeness (QED) is 0.614. The first-order chi connectivity index (χ1) is 14.4. The van der Waals surface area contributed by atoms with Crippen molar-refractivity contribution in [3.8, 4) is 0 Å². The van der Waals surface area contributed by atoms with E-state index in [1.54, 1.807) is 46.0 Å². The monoisotopic (exact) mass is 465 g/mol. The lowest BCUT2D eigenvalue weighted by Crippen LogP contribution is -2.56. The molecule has 0 radical (unpaired) electrons. The molecule has 11 heteroatoms. The topological polar surface area (TPSA) is 98.4 Å². The summed E-state index contributed by atoms with van der Waals surface area (Å²) in [4.78, 5) is 23.1. The van der Waals surface area contributed by atoms with Crippen molar-refractivity contribution < 1.29 is 13.2 Å². The van der Waals surface area contributed by atoms with Crippen LogP contribution in [0.3, 0.4) is 0 Å². The van der Waals surface area contributed by atoms with Gasteiger partial charge >= 0.3 is 0 Å². The van der Waals surface area contributed by atoms with E-state index < -0.39 is 10.0 Å². The standard InChI is InChI=1S/C19H20ClN5O3S2/c20-13-1-2-14-12(7-13)8-18(23-14)30(27,28)25-5-3-24(4-6-25)19(26)16-9-15-17(10-21-16)29-11-22-15/h1-2,7-8,11,16,21,23H,3-6,9-10H2. The summed E-state index contributed by atoms with van der Waals surface area (Å²) in [6.07, 6.45) is 0.577. The van der Waals surface area contributed by atoms with E-state index in [2.05, 4.69) is 15.3 Å². The highest BCUT2D eigenvalue weighted by molar-refractivity contribution is 7.89. The van der Waals surface area contributed by atoms with Crippen molar-refractivity contribution in [3.63, 3.8) is 0 Å². The maximum absolute atomic E-state index is 13.1. The SMILES string of the molecule is O=C(C1Cc2ncsc2CN1)N1CCN(S(=O)(=O)c2cc3cc(Cl)ccc3[nH]2)CC1. The smallest absolute Gasteiger partial charge is 0.258 e. The number of aromatic amines is 1. The molecule has 2 aliphatic heterocycles. The maximum Gasteiger partial charge on any atom is 0.258 e. The molecule has 2 aromatic heterocycles. The number of benzene rings is 1. The van der Waals surface area contributed by atoms with Crippen LogP contribution >= 0.6 is 22.9 Å². The van der Waals surface area contributed by atoms with Crippen molar-refractivity contribution in [2.45, 2.75) is 24.0 Å². The lowest BCUT2D eigenvalue weighted by Gasteiger charge is -2.36. The van der Waals surface area contributed by atoms with E-state index in [4.69, 9.17) is 11.6 Å². The predicted octanol–water partition coefficient (Wildman–Crippen LogP) is 1.83. The Morgan fingerprint density at radius 1 is 1.20 bits per heavy atom. The molecule has 2 aliphatic rings. The van der Waals surface area contributed by atoms with Crippen LogP contribution in [-0.2, 0) is 27.8 Å². The number of amides is 1. The summed E-state index contributed by atoms with van der Waals surface area (Å²) in [5, 5.41) is 4.72. The molecule has 2 N–H and O–H groups in total. The second-order valence-electron chi connectivity index (χ2n) is 7.45. The molecule has 0 bridgehead atoms. The molecule has 1 fully saturated rings. The van der Waals surface area contributed by atoms with Gasteiger partial charge in [0.25, 0.3) is 10.0 Å². The predicted molar refractivity (Wildman–Crippen MR) is 115 cm³/mol. The zero-order valence-corrected chi connectivity index (χ0v) is 18.4. The van der Waals surface area contributed by atoms with Crippen LogP contribution < -0.4 is 5.32 Å². The second kappa shape index (κ2) is 7.61. The molecular weight excluding hydrogens is 446 g/mol. The zero-order chi connectivity index (χ0) is 20.9. The Morgan fingerprint density at radius 2 is 2.00 bits per heavy atom. The molecule has 1 amide bonds. The molecule has 0 saturated carbocycles. The molecule has 1 saturated heterocycles. The molecular formula is C19H20ClN5O3S2. The van der Waals surface area contributed by atoms with E-state index in [0.29, 0.717) is 31.1 Å². The van der Waals surface area contributed by atoms with Gasteiger partial charge in [0.15, 0.2) is 0 Å². The fourth-order valence-corrected chi connectivity index (χ4v) is 6.35. The van der Waals surface area contributed by atoms with E-state index in [-0.39, 0.29) is 30.1 Å². The van der Waals surface area contributed by atoms with Crippen LogP contribution in [-0.4, -0.2) is 65.7 Å². The first kappa shape index (κ1) is 20.0. The number of hydrogen-bond donors (Lipinski definition) is 2. The number of rotatable bonds is 3. The number of sulfonamides is 1. The second-order valence-corrected chi connectivity index (χ2v) is 10.7. The molecule has 0 aliphatic carbocycles. The molecule has 1 unspecified atom stereocenters. The molecule has 30 heavy (non-hydrogen) atoms. The van der Waals surface area contributed by atoms with Gasteiger partial charge in [-0.3, -0.25) is 4.79 Å². The molecule has 1 aromatic carbocycles. The number of aromatic nitrogens is 2. The van der Waals surface area contributed by atoms with Gasteiger partial charge in [-0.25, -0.2) is 13.4 Å². The van der Waals surface area contributed by atoms with Crippen LogP contribution in [0.2, 0.25) is 5.02 Å². The Labute approximate surface area is 182 Å². The van der Waals surface area contributed by atoms with Crippen molar-refractivity contribution >= 4 is 49.8 Å². The molecule has 4 heterocycles. The highest BCUT2D eigenvalue weighted by atomic mass is 35.5. The molecule has 3 aromatic rings. The van der Waals surface area contributed by atoms with Gasteiger partial charge in [0.05, 0.1) is 17.2 Å². The summed E-state index contributed by atoms with van der Waals surface area (Å²) in [7, 11) is -3.67. The largest absolute Gasteiger partial charge is 0.345 e. The maximum atomic E-state index is 13.1. The summed E-state index contributed by atoms with van der Waals surface area (Å²) in [5.41, 5.74) is 3.51. The zero-order valence-electron chi connectivity index (χ0n) is 16.0. The minimum atomic E-state index is -3.67. The van der Waals surface area contributed by atoms with Crippen LogP contribution in [0.1, 0.15) is 10.6 Å². The normalized spacial score (nSPS) is 20.4. The van der Waals surface area contributed by atoms with E-state index in [0.717, 1.165) is 16.6 Å². The van der Waals surface area contributed by atoms with Crippen molar-refractivity contribution in [2.75, 3.05) is 26.2 Å². The lowest BCUT2D eigenvalue weighted by atomic mass is 10.0. The summed E-state index contributed by atoms with van der Waals surface area (Å²) in [5.74, 6) is 0.00551. The number of halogens is 1. The number of carbonyl (C=O) groups is 1. The average Bonchev–Trinajstić information content (AvgIpc) is 3.39. The summed E-state index contributed by atoms with van der Waals surface area (Å²) >= 11 is 7.60. The lowest BCUT2D eigenvalue weighted by molar-refractivity contribution is -0.134. The fraction of sp³-hybridized carbons (Fsp3) is 0.368. The summed E-state index contributed by atoms with van der Waals surface area (Å²) in [6, 6.07) is 6.51. The molecule has 1 atom stereocenters. The first-order valence-corrected chi connectivity index (χ1v) is 12.3. The van der Waals surface area contributed by atoms with E-state index in [1.165, 1.54) is 9.18 Å². The number of piperazine rings is 1. The minimum absolute atomic E-state index is 0.00551. The van der Waals surface area contributed by atoms with E-state index in [9.17, 15) is 13.2 Å². The van der Waals surface area contributed by atoms with Crippen LogP contribution in [0.15, 0.2) is 34.8 Å². The van der Waals surface area contributed by atoms with Gasteiger partial charge in [-0.1, -0.05) is 11.6 Å². The number of nitrogens with zero attached hydrogens (tertiary/aromatic N) is 3. The third-order valence-electron chi connectivity index (χ3n) is 5.66. The van der Waals surface area contributed by atoms with Gasteiger partial charge in [0, 0.05) is 59.9 Å². The summed E-state index contributed by atoms with van der Waals surface area (Å²) in [6.45, 7) is 1.91. The first-order valence-electron chi connectivity index (χ1n) is 9.63. The van der Waals surface area contributed by atoms with Crippen molar-refractivity contribution in [3.05, 3.63) is 45.4 Å². The number of hydrogen-bond acceptors (Lipinski definition) is 6. The average molecular weight is 466 g/mol. The van der Waals surface area contributed by atoms with E-state index in [1.807, 2.05) is 0 Å². The Bertz CT molecular complexity index is 1210. The number of carbonyl (C=O) groups excluding carboxylic acids is 1. The number of H-pyrrole nitrogens is 1. The van der Waals surface area contributed by atoms with Crippen molar-refractivity contribution in [2.24, 2.45) is 0 Å². The molecule has 0 spiro atoms. The molecule has 158 valence electrons. The Kier molecular flexibility index (Phi) is 5.06. The van der Waals surface area contributed by atoms with Gasteiger partial charge in [0.1, 0.15) is 5.03 Å². The van der Waals surface area contributed by atoms with Crippen molar-refractivity contribution in [1.82, 2.24) is 24.5 Å². The van der Waals surface area contributed by atoms with Crippen LogP contribution in [0.4, 0.5) is 0 Å². The van der Waals surface area contributed by atoms with Gasteiger partial charge in [-0.05, 0) is 24.3 Å². The Morgan fingerprint density at radius 3 is 2.80 bits per heavy atom. The minimum Gasteiger partial charge on any atom is -0.345 e. The van der Waals surface area contributed by atoms with E-state index >= 15 is 0 Å². The Hall–Kier alpha value is -1.98. The van der Waals surface area contributed by atoms with Gasteiger partial charge in [0.2, 0.25) is 5.91 Å². The number of fused-ring (bicyclic) bond motifs is 2. The molecule has 8 nitrogen and oxygen atoms in total. The van der Waals surface area contributed by atoms with Crippen LogP contribution in [0.25, 0.3) is 10.9 Å². The Balaban J connectivity index is 1.26. The number of thiazole rings is 1. The van der Waals surface area contributed by atoms with Gasteiger partial charge in [-0.2, -0.15) is 4.31 Å². The van der Waals surface area contributed by atoms with Crippen LogP contribution in [0.5, 0.6) is 0 Å². The third kappa shape index (κ3) is 3.52. The van der Waals surface area contributed by atoms with Gasteiger partial charge < -0.3 is 15.2 Å². The summed E-state index contributed by atoms with van der Waals surface area (Å²) < 4.78 is 27.6. The fourth-order valence-electron chi connectivity index (χ4n) is 3.98. The highest BCUT2D eigenvalue weighted by Gasteiger charge is 2.34. The van der Waals surface area contributed by atoms with Crippen LogP contribution in [0, 0.1) is 0 Å². The number of nitrogens with one attached hydrogen (secondary N) is 2. The highest BCUT2D eigenvalue weighted by Crippen LogP contribution is 2.25. The third-order valence-corrected chi connectivity index (χ3v) is 8.59.